The Morgan fingerprint density at radius 3 is 2.44 bits per heavy atom. The molecule has 142 valence electrons. The maximum Gasteiger partial charge on any atom is 0.253 e. The molecule has 2 N–H and O–H groups in total. The highest BCUT2D eigenvalue weighted by Crippen LogP contribution is 2.19. The smallest absolute Gasteiger partial charge is 0.253 e. The number of amides is 2. The van der Waals surface area contributed by atoms with Gasteiger partial charge in [-0.15, -0.1) is 0 Å². The average Bonchev–Trinajstić information content (AvgIpc) is 2.67. The predicted molar refractivity (Wildman–Crippen MR) is 112 cm³/mol. The molecular weight excluding hydrogens is 406 g/mol. The Morgan fingerprint density at radius 1 is 1.07 bits per heavy atom. The van der Waals surface area contributed by atoms with Crippen LogP contribution in [0.25, 0.3) is 0 Å². The van der Waals surface area contributed by atoms with Crippen LogP contribution in [0.2, 0.25) is 0 Å². The zero-order valence-electron chi connectivity index (χ0n) is 15.4. The summed E-state index contributed by atoms with van der Waals surface area (Å²) in [5, 5.41) is 5.92. The van der Waals surface area contributed by atoms with Gasteiger partial charge in [-0.3, -0.25) is 9.59 Å². The number of halogens is 1. The number of piperidine rings is 1. The second-order valence-electron chi connectivity index (χ2n) is 6.96. The molecule has 0 bridgehead atoms. The summed E-state index contributed by atoms with van der Waals surface area (Å²) in [6.07, 6.45) is 2.12. The van der Waals surface area contributed by atoms with E-state index in [1.165, 1.54) is 0 Å². The van der Waals surface area contributed by atoms with Crippen LogP contribution in [0.3, 0.4) is 0 Å². The quantitative estimate of drug-likeness (QED) is 0.741. The van der Waals surface area contributed by atoms with E-state index in [9.17, 15) is 9.59 Å². The zero-order chi connectivity index (χ0) is 19.2. The monoisotopic (exact) mass is 429 g/mol. The SMILES string of the molecule is CC1CCN(C(=O)c2ccc(NC(=O)CNc3cccc(Br)c3)cc2)CC1. The molecule has 2 amide bonds. The van der Waals surface area contributed by atoms with Gasteiger partial charge < -0.3 is 15.5 Å². The Bertz CT molecular complexity index is 799. The average molecular weight is 430 g/mol. The standard InChI is InChI=1S/C21H24BrN3O2/c1-15-9-11-25(12-10-15)21(27)16-5-7-18(8-6-16)24-20(26)14-23-19-4-2-3-17(22)13-19/h2-8,13,15,23H,9-12,14H2,1H3,(H,24,26). The molecule has 6 heteroatoms. The lowest BCUT2D eigenvalue weighted by Crippen LogP contribution is -2.37. The minimum absolute atomic E-state index is 0.0658. The van der Waals surface area contributed by atoms with Crippen molar-refractivity contribution < 1.29 is 9.59 Å². The molecule has 0 aromatic heterocycles. The molecule has 0 radical (unpaired) electrons. The number of carbonyl (C=O) groups excluding carboxylic acids is 2. The van der Waals surface area contributed by atoms with Crippen molar-refractivity contribution in [3.8, 4) is 0 Å². The van der Waals surface area contributed by atoms with Crippen molar-refractivity contribution in [1.82, 2.24) is 4.90 Å². The largest absolute Gasteiger partial charge is 0.376 e. The van der Waals surface area contributed by atoms with E-state index >= 15 is 0 Å². The predicted octanol–water partition coefficient (Wildman–Crippen LogP) is 4.37. The van der Waals surface area contributed by atoms with Crippen LogP contribution in [-0.2, 0) is 4.79 Å². The van der Waals surface area contributed by atoms with Gasteiger partial charge in [0.05, 0.1) is 6.54 Å². The molecule has 0 aliphatic carbocycles. The van der Waals surface area contributed by atoms with Crippen LogP contribution in [-0.4, -0.2) is 36.3 Å². The molecule has 5 nitrogen and oxygen atoms in total. The first-order valence-corrected chi connectivity index (χ1v) is 9.99. The summed E-state index contributed by atoms with van der Waals surface area (Å²) >= 11 is 3.40. The summed E-state index contributed by atoms with van der Waals surface area (Å²) in [5.41, 5.74) is 2.21. The molecule has 3 rings (SSSR count). The summed E-state index contributed by atoms with van der Waals surface area (Å²) < 4.78 is 0.955. The third kappa shape index (κ3) is 5.57. The fourth-order valence-electron chi connectivity index (χ4n) is 3.08. The molecule has 1 aliphatic rings. The van der Waals surface area contributed by atoms with Gasteiger partial charge in [-0.1, -0.05) is 28.9 Å². The van der Waals surface area contributed by atoms with Gasteiger partial charge in [0.25, 0.3) is 5.91 Å². The Kier molecular flexibility index (Phi) is 6.50. The summed E-state index contributed by atoms with van der Waals surface area (Å²) in [6, 6.07) is 14.7. The van der Waals surface area contributed by atoms with E-state index in [1.807, 2.05) is 29.2 Å². The molecule has 2 aromatic rings. The molecule has 1 fully saturated rings. The van der Waals surface area contributed by atoms with Crippen LogP contribution in [0.15, 0.2) is 53.0 Å². The van der Waals surface area contributed by atoms with Crippen molar-refractivity contribution >= 4 is 39.1 Å². The van der Waals surface area contributed by atoms with E-state index in [-0.39, 0.29) is 18.4 Å². The molecule has 1 saturated heterocycles. The van der Waals surface area contributed by atoms with Crippen molar-refractivity contribution in [2.75, 3.05) is 30.3 Å². The normalized spacial score (nSPS) is 14.7. The molecule has 0 unspecified atom stereocenters. The number of nitrogens with one attached hydrogen (secondary N) is 2. The number of hydrogen-bond acceptors (Lipinski definition) is 3. The van der Waals surface area contributed by atoms with Crippen molar-refractivity contribution in [2.45, 2.75) is 19.8 Å². The highest BCUT2D eigenvalue weighted by atomic mass is 79.9. The first-order valence-electron chi connectivity index (χ1n) is 9.20. The molecule has 1 aliphatic heterocycles. The molecule has 27 heavy (non-hydrogen) atoms. The number of likely N-dealkylation sites (tertiary alicyclic amines) is 1. The first-order chi connectivity index (χ1) is 13.0. The van der Waals surface area contributed by atoms with Crippen molar-refractivity contribution in [3.63, 3.8) is 0 Å². The van der Waals surface area contributed by atoms with E-state index in [0.29, 0.717) is 17.2 Å². The fourth-order valence-corrected chi connectivity index (χ4v) is 3.48. The first kappa shape index (κ1) is 19.4. The van der Waals surface area contributed by atoms with Gasteiger partial charge in [0.1, 0.15) is 0 Å². The van der Waals surface area contributed by atoms with E-state index < -0.39 is 0 Å². The molecule has 0 spiro atoms. The Morgan fingerprint density at radius 2 is 1.78 bits per heavy atom. The molecule has 1 heterocycles. The van der Waals surface area contributed by atoms with E-state index in [2.05, 4.69) is 33.5 Å². The number of hydrogen-bond donors (Lipinski definition) is 2. The Hall–Kier alpha value is -2.34. The number of anilines is 2. The molecular formula is C21H24BrN3O2. The zero-order valence-corrected chi connectivity index (χ0v) is 17.0. The van der Waals surface area contributed by atoms with Gasteiger partial charge in [-0.05, 0) is 61.2 Å². The van der Waals surface area contributed by atoms with Crippen LogP contribution >= 0.6 is 15.9 Å². The summed E-state index contributed by atoms with van der Waals surface area (Å²) in [7, 11) is 0. The van der Waals surface area contributed by atoms with Gasteiger partial charge in [-0.25, -0.2) is 0 Å². The number of carbonyl (C=O) groups is 2. The van der Waals surface area contributed by atoms with E-state index in [0.717, 1.165) is 36.1 Å². The van der Waals surface area contributed by atoms with Crippen LogP contribution < -0.4 is 10.6 Å². The molecule has 0 atom stereocenters. The van der Waals surface area contributed by atoms with Gasteiger partial charge >= 0.3 is 0 Å². The number of rotatable bonds is 5. The second kappa shape index (κ2) is 9.04. The Balaban J connectivity index is 1.51. The maximum atomic E-state index is 12.6. The summed E-state index contributed by atoms with van der Waals surface area (Å²) in [4.78, 5) is 26.6. The lowest BCUT2D eigenvalue weighted by atomic mass is 9.98. The lowest BCUT2D eigenvalue weighted by molar-refractivity contribution is -0.114. The fraction of sp³-hybridized carbons (Fsp3) is 0.333. The highest BCUT2D eigenvalue weighted by molar-refractivity contribution is 9.10. The van der Waals surface area contributed by atoms with Gasteiger partial charge in [0.15, 0.2) is 0 Å². The summed E-state index contributed by atoms with van der Waals surface area (Å²) in [6.45, 7) is 4.04. The van der Waals surface area contributed by atoms with Crippen molar-refractivity contribution in [3.05, 3.63) is 58.6 Å². The van der Waals surface area contributed by atoms with Crippen molar-refractivity contribution in [1.29, 1.82) is 0 Å². The van der Waals surface area contributed by atoms with Crippen LogP contribution in [0.5, 0.6) is 0 Å². The molecule has 2 aromatic carbocycles. The second-order valence-corrected chi connectivity index (χ2v) is 7.88. The van der Waals surface area contributed by atoms with Gasteiger partial charge in [0, 0.05) is 34.5 Å². The number of nitrogens with zero attached hydrogens (tertiary/aromatic N) is 1. The lowest BCUT2D eigenvalue weighted by Gasteiger charge is -2.30. The Labute approximate surface area is 168 Å². The summed E-state index contributed by atoms with van der Waals surface area (Å²) in [5.74, 6) is 0.618. The minimum atomic E-state index is -0.140. The third-order valence-electron chi connectivity index (χ3n) is 4.76. The third-order valence-corrected chi connectivity index (χ3v) is 5.26. The van der Waals surface area contributed by atoms with Crippen LogP contribution in [0.1, 0.15) is 30.1 Å². The van der Waals surface area contributed by atoms with Crippen LogP contribution in [0.4, 0.5) is 11.4 Å². The van der Waals surface area contributed by atoms with Crippen LogP contribution in [0, 0.1) is 5.92 Å². The van der Waals surface area contributed by atoms with Gasteiger partial charge in [0.2, 0.25) is 5.91 Å². The number of benzene rings is 2. The van der Waals surface area contributed by atoms with Crippen molar-refractivity contribution in [2.24, 2.45) is 5.92 Å². The van der Waals surface area contributed by atoms with E-state index in [4.69, 9.17) is 0 Å². The maximum absolute atomic E-state index is 12.6. The van der Waals surface area contributed by atoms with Gasteiger partial charge in [-0.2, -0.15) is 0 Å². The van der Waals surface area contributed by atoms with E-state index in [1.54, 1.807) is 24.3 Å². The topological polar surface area (TPSA) is 61.4 Å². The highest BCUT2D eigenvalue weighted by Gasteiger charge is 2.21. The minimum Gasteiger partial charge on any atom is -0.376 e. The molecule has 0 saturated carbocycles.